The minimum absolute atomic E-state index is 0.265. The van der Waals surface area contributed by atoms with Gasteiger partial charge in [0.25, 0.3) is 5.89 Å². The lowest BCUT2D eigenvalue weighted by molar-refractivity contribution is 0.358. The summed E-state index contributed by atoms with van der Waals surface area (Å²) in [6.45, 7) is 0.428. The number of nitrogens with zero attached hydrogens (tertiary/aromatic N) is 3. The second-order valence-corrected chi connectivity index (χ2v) is 8.32. The molecule has 0 spiro atoms. The van der Waals surface area contributed by atoms with E-state index in [2.05, 4.69) is 10.1 Å². The van der Waals surface area contributed by atoms with Crippen LogP contribution < -0.4 is 0 Å². The van der Waals surface area contributed by atoms with Crippen LogP contribution in [0, 0.1) is 0 Å². The quantitative estimate of drug-likeness (QED) is 0.676. The summed E-state index contributed by atoms with van der Waals surface area (Å²) in [5, 5.41) is 4.52. The first-order valence-electron chi connectivity index (χ1n) is 8.23. The van der Waals surface area contributed by atoms with Gasteiger partial charge in [-0.25, -0.2) is 8.42 Å². The van der Waals surface area contributed by atoms with Gasteiger partial charge in [-0.2, -0.15) is 9.29 Å². The molecule has 0 radical (unpaired) electrons. The minimum Gasteiger partial charge on any atom is -0.334 e. The fourth-order valence-corrected chi connectivity index (χ4v) is 5.02. The normalized spacial score (nSPS) is 18.3. The standard InChI is InChI=1S/C18H16ClN3O3S/c19-15-10-5-4-9-14(15)18-20-17(21-25-18)16-11-6-12-22(16)26(23,24)13-7-2-1-3-8-13/h1-5,7-10,16H,6,11-12H2/t16-/m0/s1. The van der Waals surface area contributed by atoms with E-state index in [-0.39, 0.29) is 10.8 Å². The van der Waals surface area contributed by atoms with Gasteiger partial charge in [0.1, 0.15) is 0 Å². The summed E-state index contributed by atoms with van der Waals surface area (Å²) >= 11 is 6.17. The molecular formula is C18H16ClN3O3S. The molecule has 1 saturated heterocycles. The molecule has 0 saturated carbocycles. The van der Waals surface area contributed by atoms with Crippen molar-refractivity contribution >= 4 is 21.6 Å². The average molecular weight is 390 g/mol. The Kier molecular flexibility index (Phi) is 4.52. The van der Waals surface area contributed by atoms with E-state index in [1.807, 2.05) is 12.1 Å². The molecule has 1 aromatic heterocycles. The SMILES string of the molecule is O=S(=O)(c1ccccc1)N1CCC[C@H]1c1noc(-c2ccccc2Cl)n1. The van der Waals surface area contributed by atoms with Crippen molar-refractivity contribution in [2.75, 3.05) is 6.54 Å². The van der Waals surface area contributed by atoms with Crippen molar-refractivity contribution in [2.45, 2.75) is 23.8 Å². The van der Waals surface area contributed by atoms with Crippen LogP contribution in [0.25, 0.3) is 11.5 Å². The molecule has 8 heteroatoms. The minimum atomic E-state index is -3.61. The van der Waals surface area contributed by atoms with E-state index in [9.17, 15) is 8.42 Å². The van der Waals surface area contributed by atoms with Gasteiger partial charge in [-0.1, -0.05) is 47.1 Å². The molecule has 1 fully saturated rings. The zero-order valence-electron chi connectivity index (χ0n) is 13.7. The van der Waals surface area contributed by atoms with E-state index in [0.717, 1.165) is 6.42 Å². The van der Waals surface area contributed by atoms with E-state index in [1.165, 1.54) is 4.31 Å². The molecule has 134 valence electrons. The number of aromatic nitrogens is 2. The molecule has 0 amide bonds. The third-order valence-electron chi connectivity index (χ3n) is 4.40. The highest BCUT2D eigenvalue weighted by Gasteiger charge is 2.38. The van der Waals surface area contributed by atoms with Crippen molar-refractivity contribution in [3.63, 3.8) is 0 Å². The molecule has 2 aromatic carbocycles. The zero-order chi connectivity index (χ0) is 18.1. The summed E-state index contributed by atoms with van der Waals surface area (Å²) in [4.78, 5) is 4.68. The van der Waals surface area contributed by atoms with Crippen LogP contribution in [0.3, 0.4) is 0 Å². The van der Waals surface area contributed by atoms with Crippen LogP contribution in [0.4, 0.5) is 0 Å². The van der Waals surface area contributed by atoms with Crippen LogP contribution in [-0.2, 0) is 10.0 Å². The molecule has 1 aliphatic rings. The lowest BCUT2D eigenvalue weighted by atomic mass is 10.2. The summed E-state index contributed by atoms with van der Waals surface area (Å²) < 4.78 is 32.7. The predicted molar refractivity (Wildman–Crippen MR) is 97.1 cm³/mol. The number of rotatable bonds is 4. The van der Waals surface area contributed by atoms with Crippen molar-refractivity contribution in [3.05, 3.63) is 65.4 Å². The fourth-order valence-electron chi connectivity index (χ4n) is 3.13. The maximum absolute atomic E-state index is 13.0. The second kappa shape index (κ2) is 6.83. The van der Waals surface area contributed by atoms with E-state index >= 15 is 0 Å². The lowest BCUT2D eigenvalue weighted by Crippen LogP contribution is -2.31. The highest BCUT2D eigenvalue weighted by molar-refractivity contribution is 7.89. The third kappa shape index (κ3) is 3.02. The van der Waals surface area contributed by atoms with Crippen molar-refractivity contribution in [1.82, 2.24) is 14.4 Å². The van der Waals surface area contributed by atoms with Crippen molar-refractivity contribution in [2.24, 2.45) is 0 Å². The Bertz CT molecular complexity index is 1020. The Morgan fingerprint density at radius 3 is 2.58 bits per heavy atom. The van der Waals surface area contributed by atoms with Crippen LogP contribution in [-0.4, -0.2) is 29.4 Å². The highest BCUT2D eigenvalue weighted by atomic mass is 35.5. The largest absolute Gasteiger partial charge is 0.334 e. The van der Waals surface area contributed by atoms with Gasteiger partial charge in [0.2, 0.25) is 10.0 Å². The number of benzene rings is 2. The number of halogens is 1. The molecular weight excluding hydrogens is 374 g/mol. The molecule has 1 atom stereocenters. The van der Waals surface area contributed by atoms with Gasteiger partial charge in [0, 0.05) is 6.54 Å². The van der Waals surface area contributed by atoms with Crippen LogP contribution in [0.5, 0.6) is 0 Å². The molecule has 0 unspecified atom stereocenters. The van der Waals surface area contributed by atoms with Gasteiger partial charge in [-0.3, -0.25) is 0 Å². The first-order chi connectivity index (χ1) is 12.6. The van der Waals surface area contributed by atoms with Gasteiger partial charge in [0.15, 0.2) is 5.82 Å². The second-order valence-electron chi connectivity index (χ2n) is 6.02. The summed E-state index contributed by atoms with van der Waals surface area (Å²) in [5.74, 6) is 0.645. The van der Waals surface area contributed by atoms with Gasteiger partial charge >= 0.3 is 0 Å². The maximum Gasteiger partial charge on any atom is 0.259 e. The zero-order valence-corrected chi connectivity index (χ0v) is 15.3. The first-order valence-corrected chi connectivity index (χ1v) is 10.0. The molecule has 0 bridgehead atoms. The van der Waals surface area contributed by atoms with E-state index in [4.69, 9.17) is 16.1 Å². The topological polar surface area (TPSA) is 76.3 Å². The number of hydrogen-bond donors (Lipinski definition) is 0. The Balaban J connectivity index is 1.67. The molecule has 2 heterocycles. The van der Waals surface area contributed by atoms with Crippen LogP contribution in [0.2, 0.25) is 5.02 Å². The number of hydrogen-bond acceptors (Lipinski definition) is 5. The molecule has 0 N–H and O–H groups in total. The van der Waals surface area contributed by atoms with Crippen LogP contribution in [0.15, 0.2) is 64.0 Å². The fraction of sp³-hybridized carbons (Fsp3) is 0.222. The van der Waals surface area contributed by atoms with E-state index < -0.39 is 16.1 Å². The molecule has 3 aromatic rings. The Hall–Kier alpha value is -2.22. The van der Waals surface area contributed by atoms with Gasteiger partial charge in [-0.15, -0.1) is 0 Å². The third-order valence-corrected chi connectivity index (χ3v) is 6.65. The summed E-state index contributed by atoms with van der Waals surface area (Å²) in [7, 11) is -3.61. The highest BCUT2D eigenvalue weighted by Crippen LogP contribution is 2.36. The molecule has 6 nitrogen and oxygen atoms in total. The summed E-state index contributed by atoms with van der Waals surface area (Å²) in [5.41, 5.74) is 0.628. The maximum atomic E-state index is 13.0. The lowest BCUT2D eigenvalue weighted by Gasteiger charge is -2.21. The Morgan fingerprint density at radius 1 is 1.08 bits per heavy atom. The Labute approximate surface area is 156 Å². The van der Waals surface area contributed by atoms with Crippen molar-refractivity contribution < 1.29 is 12.9 Å². The molecule has 0 aliphatic carbocycles. The molecule has 26 heavy (non-hydrogen) atoms. The first kappa shape index (κ1) is 17.2. The predicted octanol–water partition coefficient (Wildman–Crippen LogP) is 3.92. The summed E-state index contributed by atoms with van der Waals surface area (Å²) in [6, 6.07) is 15.1. The van der Waals surface area contributed by atoms with Gasteiger partial charge in [-0.05, 0) is 37.1 Å². The smallest absolute Gasteiger partial charge is 0.259 e. The molecule has 4 rings (SSSR count). The monoisotopic (exact) mass is 389 g/mol. The number of sulfonamides is 1. The van der Waals surface area contributed by atoms with Crippen molar-refractivity contribution in [3.8, 4) is 11.5 Å². The van der Waals surface area contributed by atoms with Crippen LogP contribution >= 0.6 is 11.6 Å². The summed E-state index contributed by atoms with van der Waals surface area (Å²) in [6.07, 6.45) is 1.39. The van der Waals surface area contributed by atoms with Crippen LogP contribution in [0.1, 0.15) is 24.7 Å². The van der Waals surface area contributed by atoms with E-state index in [0.29, 0.717) is 29.4 Å². The van der Waals surface area contributed by atoms with Gasteiger partial charge in [0.05, 0.1) is 21.5 Å². The van der Waals surface area contributed by atoms with E-state index in [1.54, 1.807) is 42.5 Å². The Morgan fingerprint density at radius 2 is 1.81 bits per heavy atom. The van der Waals surface area contributed by atoms with Gasteiger partial charge < -0.3 is 4.52 Å². The average Bonchev–Trinajstić information content (AvgIpc) is 3.32. The van der Waals surface area contributed by atoms with Crippen molar-refractivity contribution in [1.29, 1.82) is 0 Å². The molecule has 1 aliphatic heterocycles.